The van der Waals surface area contributed by atoms with Crippen LogP contribution in [-0.4, -0.2) is 35.5 Å². The molecular formula is C32H48N2O2. The predicted molar refractivity (Wildman–Crippen MR) is 153 cm³/mol. The molecule has 0 radical (unpaired) electrons. The summed E-state index contributed by atoms with van der Waals surface area (Å²) in [5.74, 6) is 1.23. The molecule has 0 unspecified atom stereocenters. The van der Waals surface area contributed by atoms with Gasteiger partial charge in [0, 0.05) is 36.1 Å². The summed E-state index contributed by atoms with van der Waals surface area (Å²) in [6.07, 6.45) is 28.6. The number of carbonyl (C=O) groups is 1. The maximum atomic E-state index is 13.0. The van der Waals surface area contributed by atoms with E-state index in [1.807, 2.05) is 6.07 Å². The van der Waals surface area contributed by atoms with Crippen LogP contribution in [0, 0.1) is 0 Å². The summed E-state index contributed by atoms with van der Waals surface area (Å²) in [6.45, 7) is 3.16. The quantitative estimate of drug-likeness (QED) is 0.178. The summed E-state index contributed by atoms with van der Waals surface area (Å²) in [6, 6.07) is 6.48. The van der Waals surface area contributed by atoms with Gasteiger partial charge in [-0.25, -0.2) is 0 Å². The lowest BCUT2D eigenvalue weighted by molar-refractivity contribution is -0.132. The number of allylic oxidation sites excluding steroid dienone is 4. The minimum absolute atomic E-state index is 0.320. The van der Waals surface area contributed by atoms with E-state index in [4.69, 9.17) is 4.74 Å². The van der Waals surface area contributed by atoms with Crippen LogP contribution in [0.5, 0.6) is 5.75 Å². The Morgan fingerprint density at radius 3 is 2.56 bits per heavy atom. The van der Waals surface area contributed by atoms with E-state index in [1.54, 1.807) is 7.11 Å². The van der Waals surface area contributed by atoms with E-state index >= 15 is 0 Å². The van der Waals surface area contributed by atoms with Crippen LogP contribution in [0.15, 0.2) is 48.7 Å². The zero-order chi connectivity index (χ0) is 25.4. The van der Waals surface area contributed by atoms with Crippen molar-refractivity contribution in [2.24, 2.45) is 0 Å². The van der Waals surface area contributed by atoms with E-state index in [0.29, 0.717) is 18.4 Å². The van der Waals surface area contributed by atoms with Gasteiger partial charge in [-0.1, -0.05) is 63.3 Å². The van der Waals surface area contributed by atoms with E-state index < -0.39 is 0 Å². The van der Waals surface area contributed by atoms with Gasteiger partial charge in [-0.3, -0.25) is 4.79 Å². The molecule has 1 amide bonds. The number of hydrogen-bond donors (Lipinski definition) is 1. The third kappa shape index (κ3) is 9.19. The minimum Gasteiger partial charge on any atom is -0.497 e. The van der Waals surface area contributed by atoms with Crippen LogP contribution in [0.2, 0.25) is 0 Å². The van der Waals surface area contributed by atoms with Crippen LogP contribution in [0.3, 0.4) is 0 Å². The van der Waals surface area contributed by atoms with Gasteiger partial charge in [0.05, 0.1) is 7.11 Å². The number of fused-ring (bicyclic) bond motifs is 1. The Labute approximate surface area is 219 Å². The van der Waals surface area contributed by atoms with Crippen molar-refractivity contribution < 1.29 is 9.53 Å². The van der Waals surface area contributed by atoms with Crippen LogP contribution >= 0.6 is 0 Å². The third-order valence-corrected chi connectivity index (χ3v) is 7.47. The monoisotopic (exact) mass is 492 g/mol. The van der Waals surface area contributed by atoms with Gasteiger partial charge in [-0.05, 0) is 81.5 Å². The molecule has 198 valence electrons. The van der Waals surface area contributed by atoms with Crippen LogP contribution in [-0.2, 0) is 11.2 Å². The van der Waals surface area contributed by atoms with Crippen molar-refractivity contribution in [1.29, 1.82) is 0 Å². The maximum Gasteiger partial charge on any atom is 0.222 e. The Bertz CT molecular complexity index is 958. The molecule has 1 aliphatic heterocycles. The van der Waals surface area contributed by atoms with Crippen molar-refractivity contribution in [2.45, 2.75) is 109 Å². The third-order valence-electron chi connectivity index (χ3n) is 7.47. The highest BCUT2D eigenvalue weighted by atomic mass is 16.5. The molecule has 4 heteroatoms. The van der Waals surface area contributed by atoms with E-state index in [2.05, 4.69) is 59.4 Å². The Morgan fingerprint density at radius 1 is 1.03 bits per heavy atom. The molecule has 1 atom stereocenters. The molecule has 1 aliphatic rings. The Hall–Kier alpha value is -2.49. The van der Waals surface area contributed by atoms with Gasteiger partial charge >= 0.3 is 0 Å². The van der Waals surface area contributed by atoms with Gasteiger partial charge in [0.1, 0.15) is 5.75 Å². The Morgan fingerprint density at radius 2 is 1.78 bits per heavy atom. The number of nitrogens with one attached hydrogen (secondary N) is 1. The second-order valence-corrected chi connectivity index (χ2v) is 10.3. The molecule has 0 spiro atoms. The number of amides is 1. The zero-order valence-corrected chi connectivity index (χ0v) is 22.8. The second-order valence-electron chi connectivity index (χ2n) is 10.3. The van der Waals surface area contributed by atoms with Gasteiger partial charge in [0.2, 0.25) is 5.91 Å². The van der Waals surface area contributed by atoms with Gasteiger partial charge in [0.15, 0.2) is 0 Å². The molecule has 0 saturated carbocycles. The van der Waals surface area contributed by atoms with Crippen molar-refractivity contribution in [1.82, 2.24) is 9.88 Å². The molecule has 0 bridgehead atoms. The number of methoxy groups -OCH3 is 1. The van der Waals surface area contributed by atoms with Crippen molar-refractivity contribution >= 4 is 16.8 Å². The number of hydrogen-bond acceptors (Lipinski definition) is 2. The number of H-pyrrole nitrogens is 1. The van der Waals surface area contributed by atoms with Crippen LogP contribution in [0.25, 0.3) is 10.9 Å². The van der Waals surface area contributed by atoms with Crippen LogP contribution in [0.1, 0.15) is 102 Å². The van der Waals surface area contributed by atoms with Crippen LogP contribution in [0.4, 0.5) is 0 Å². The molecule has 1 aromatic heterocycles. The molecule has 1 aromatic carbocycles. The standard InChI is InChI=1S/C32H48N2O2/c1-3-4-5-6-7-8-9-10-11-12-13-14-15-16-17-20-32(35)34-23-18-19-28(34)24-27-26-33-31-22-21-29(36-2)25-30(27)31/h7-8,10-11,21-22,25-26,28,33H,3-6,9,12-20,23-24H2,1-2H3/b8-7-,11-10-/t28-/m0/s1. The van der Waals surface area contributed by atoms with Crippen molar-refractivity contribution in [2.75, 3.05) is 13.7 Å². The van der Waals surface area contributed by atoms with Gasteiger partial charge in [0.25, 0.3) is 0 Å². The molecule has 3 rings (SSSR count). The summed E-state index contributed by atoms with van der Waals surface area (Å²) in [7, 11) is 1.71. The highest BCUT2D eigenvalue weighted by Crippen LogP contribution is 2.28. The number of unbranched alkanes of at least 4 members (excludes halogenated alkanes) is 8. The number of likely N-dealkylation sites (tertiary alicyclic amines) is 1. The van der Waals surface area contributed by atoms with Gasteiger partial charge in [-0.2, -0.15) is 0 Å². The molecule has 0 aliphatic carbocycles. The number of benzene rings is 1. The van der Waals surface area contributed by atoms with E-state index in [1.165, 1.54) is 62.3 Å². The number of aromatic nitrogens is 1. The SMILES string of the molecule is CCCCC/C=C\C/C=C\CCCCCCCC(=O)N1CCC[C@H]1Cc1c[nH]c2ccc(OC)cc12. The summed E-state index contributed by atoms with van der Waals surface area (Å²) in [5, 5.41) is 1.21. The first-order valence-corrected chi connectivity index (χ1v) is 14.5. The Kier molecular flexibility index (Phi) is 12.7. The topological polar surface area (TPSA) is 45.3 Å². The predicted octanol–water partition coefficient (Wildman–Crippen LogP) is 8.52. The first-order valence-electron chi connectivity index (χ1n) is 14.5. The highest BCUT2D eigenvalue weighted by Gasteiger charge is 2.28. The molecule has 4 nitrogen and oxygen atoms in total. The highest BCUT2D eigenvalue weighted by molar-refractivity contribution is 5.85. The average molecular weight is 493 g/mol. The molecule has 1 fully saturated rings. The lowest BCUT2D eigenvalue weighted by atomic mass is 10.0. The first-order chi connectivity index (χ1) is 17.7. The second kappa shape index (κ2) is 16.3. The van der Waals surface area contributed by atoms with Gasteiger partial charge < -0.3 is 14.6 Å². The van der Waals surface area contributed by atoms with E-state index in [0.717, 1.165) is 56.3 Å². The minimum atomic E-state index is 0.320. The zero-order valence-electron chi connectivity index (χ0n) is 22.8. The fourth-order valence-corrected chi connectivity index (χ4v) is 5.31. The number of carbonyl (C=O) groups excluding carboxylic acids is 1. The maximum absolute atomic E-state index is 13.0. The van der Waals surface area contributed by atoms with Crippen molar-refractivity contribution in [3.63, 3.8) is 0 Å². The van der Waals surface area contributed by atoms with Crippen molar-refractivity contribution in [3.05, 3.63) is 54.3 Å². The van der Waals surface area contributed by atoms with E-state index in [9.17, 15) is 4.79 Å². The molecule has 2 aromatic rings. The lowest BCUT2D eigenvalue weighted by Gasteiger charge is -2.25. The molecular weight excluding hydrogens is 444 g/mol. The molecule has 1 saturated heterocycles. The number of ether oxygens (including phenoxy) is 1. The normalized spacial score (nSPS) is 16.2. The molecule has 36 heavy (non-hydrogen) atoms. The first kappa shape index (κ1) is 28.1. The van der Waals surface area contributed by atoms with E-state index in [-0.39, 0.29) is 0 Å². The summed E-state index contributed by atoms with van der Waals surface area (Å²) in [5.41, 5.74) is 2.41. The Balaban J connectivity index is 1.28. The van der Waals surface area contributed by atoms with Crippen molar-refractivity contribution in [3.8, 4) is 5.75 Å². The molecule has 2 heterocycles. The fraction of sp³-hybridized carbons (Fsp3) is 0.594. The smallest absolute Gasteiger partial charge is 0.222 e. The molecule has 1 N–H and O–H groups in total. The summed E-state index contributed by atoms with van der Waals surface area (Å²) < 4.78 is 5.41. The number of nitrogens with zero attached hydrogens (tertiary/aromatic N) is 1. The lowest BCUT2D eigenvalue weighted by Crippen LogP contribution is -2.36. The summed E-state index contributed by atoms with van der Waals surface area (Å²) >= 11 is 0. The van der Waals surface area contributed by atoms with Crippen LogP contribution < -0.4 is 4.74 Å². The summed E-state index contributed by atoms with van der Waals surface area (Å²) in [4.78, 5) is 18.5. The number of rotatable bonds is 17. The number of aromatic amines is 1. The largest absolute Gasteiger partial charge is 0.497 e. The fourth-order valence-electron chi connectivity index (χ4n) is 5.31. The average Bonchev–Trinajstić information content (AvgIpc) is 3.53. The van der Waals surface area contributed by atoms with Gasteiger partial charge in [-0.15, -0.1) is 0 Å².